The van der Waals surface area contributed by atoms with E-state index in [0.717, 1.165) is 27.2 Å². The lowest BCUT2D eigenvalue weighted by Gasteiger charge is -2.23. The first-order valence-electron chi connectivity index (χ1n) is 6.02. The molecule has 2 rings (SSSR count). The number of hydrogen-bond acceptors (Lipinski definition) is 3. The first-order valence-corrected chi connectivity index (χ1v) is 6.81. The van der Waals surface area contributed by atoms with Crippen LogP contribution >= 0.6 is 15.9 Å². The van der Waals surface area contributed by atoms with Crippen LogP contribution in [0.25, 0.3) is 0 Å². The van der Waals surface area contributed by atoms with Crippen molar-refractivity contribution in [3.05, 3.63) is 52.5 Å². The molecule has 0 aromatic heterocycles. The van der Waals surface area contributed by atoms with E-state index in [1.165, 1.54) is 0 Å². The van der Waals surface area contributed by atoms with Crippen molar-refractivity contribution in [1.82, 2.24) is 0 Å². The zero-order valence-corrected chi connectivity index (χ0v) is 12.6. The van der Waals surface area contributed by atoms with Crippen LogP contribution < -0.4 is 15.4 Å². The van der Waals surface area contributed by atoms with E-state index in [1.54, 1.807) is 7.11 Å². The van der Waals surface area contributed by atoms with Crippen molar-refractivity contribution < 1.29 is 4.74 Å². The summed E-state index contributed by atoms with van der Waals surface area (Å²) in [5, 5.41) is 0. The Bertz CT molecular complexity index is 572. The van der Waals surface area contributed by atoms with Gasteiger partial charge in [0.25, 0.3) is 0 Å². The average Bonchev–Trinajstić information content (AvgIpc) is 2.46. The highest BCUT2D eigenvalue weighted by Gasteiger charge is 2.10. The van der Waals surface area contributed by atoms with Gasteiger partial charge in [-0.2, -0.15) is 0 Å². The highest BCUT2D eigenvalue weighted by Crippen LogP contribution is 2.31. The number of anilines is 2. The van der Waals surface area contributed by atoms with Crippen molar-refractivity contribution in [2.75, 3.05) is 19.1 Å². The molecule has 0 unspecified atom stereocenters. The van der Waals surface area contributed by atoms with E-state index in [4.69, 9.17) is 10.5 Å². The van der Waals surface area contributed by atoms with Gasteiger partial charge in [-0.3, -0.25) is 0 Å². The smallest absolute Gasteiger partial charge is 0.120 e. The number of nitrogens with zero attached hydrogens (tertiary/aromatic N) is 1. The fraction of sp³-hybridized carbons (Fsp3) is 0.200. The molecular weight excluding hydrogens is 304 g/mol. The molecule has 0 aliphatic heterocycles. The van der Waals surface area contributed by atoms with Crippen molar-refractivity contribution in [1.29, 1.82) is 0 Å². The predicted octanol–water partition coefficient (Wildman–Crippen LogP) is 3.68. The molecule has 0 radical (unpaired) electrons. The van der Waals surface area contributed by atoms with Gasteiger partial charge in [-0.05, 0) is 29.8 Å². The lowest BCUT2D eigenvalue weighted by atomic mass is 10.1. The Morgan fingerprint density at radius 2 is 2.00 bits per heavy atom. The molecule has 0 amide bonds. The van der Waals surface area contributed by atoms with Crippen molar-refractivity contribution in [2.45, 2.75) is 6.54 Å². The molecular formula is C15H17BrN2O. The molecule has 0 saturated heterocycles. The standard InChI is InChI=1S/C15H17BrN2O/c1-18(13-4-3-5-14(9-13)19-2)15-8-12(16)7-6-11(15)10-17/h3-9H,10,17H2,1-2H3. The van der Waals surface area contributed by atoms with E-state index < -0.39 is 0 Å². The Kier molecular flexibility index (Phi) is 4.45. The summed E-state index contributed by atoms with van der Waals surface area (Å²) in [6, 6.07) is 14.1. The second-order valence-corrected chi connectivity index (χ2v) is 5.15. The minimum Gasteiger partial charge on any atom is -0.497 e. The number of benzene rings is 2. The van der Waals surface area contributed by atoms with Gasteiger partial charge in [0.05, 0.1) is 7.11 Å². The van der Waals surface area contributed by atoms with E-state index in [-0.39, 0.29) is 0 Å². The third-order valence-electron chi connectivity index (χ3n) is 3.07. The summed E-state index contributed by atoms with van der Waals surface area (Å²) in [4.78, 5) is 2.11. The summed E-state index contributed by atoms with van der Waals surface area (Å²) < 4.78 is 6.30. The molecule has 2 aromatic rings. The maximum atomic E-state index is 5.81. The van der Waals surface area contributed by atoms with Gasteiger partial charge in [-0.1, -0.05) is 28.1 Å². The minimum atomic E-state index is 0.511. The Hall–Kier alpha value is -1.52. The normalized spacial score (nSPS) is 10.3. The minimum absolute atomic E-state index is 0.511. The lowest BCUT2D eigenvalue weighted by Crippen LogP contribution is -2.13. The fourth-order valence-electron chi connectivity index (χ4n) is 1.98. The molecule has 3 nitrogen and oxygen atoms in total. The molecule has 0 atom stereocenters. The van der Waals surface area contributed by atoms with Crippen LogP contribution in [-0.4, -0.2) is 14.2 Å². The third kappa shape index (κ3) is 3.08. The Morgan fingerprint density at radius 3 is 2.68 bits per heavy atom. The summed E-state index contributed by atoms with van der Waals surface area (Å²) in [5.41, 5.74) is 9.06. The fourth-order valence-corrected chi connectivity index (χ4v) is 2.33. The molecule has 19 heavy (non-hydrogen) atoms. The van der Waals surface area contributed by atoms with Crippen LogP contribution in [0.15, 0.2) is 46.9 Å². The van der Waals surface area contributed by atoms with Crippen molar-refractivity contribution in [3.63, 3.8) is 0 Å². The SMILES string of the molecule is COc1cccc(N(C)c2cc(Br)ccc2CN)c1. The molecule has 2 N–H and O–H groups in total. The van der Waals surface area contributed by atoms with Crippen LogP contribution in [0.1, 0.15) is 5.56 Å². The molecule has 100 valence electrons. The zero-order chi connectivity index (χ0) is 13.8. The molecule has 2 aromatic carbocycles. The average molecular weight is 321 g/mol. The zero-order valence-electron chi connectivity index (χ0n) is 11.1. The number of ether oxygens (including phenoxy) is 1. The molecule has 0 fully saturated rings. The van der Waals surface area contributed by atoms with Crippen LogP contribution in [0.4, 0.5) is 11.4 Å². The number of halogens is 1. The monoisotopic (exact) mass is 320 g/mol. The summed E-state index contributed by atoms with van der Waals surface area (Å²) in [7, 11) is 3.69. The van der Waals surface area contributed by atoms with Gasteiger partial charge >= 0.3 is 0 Å². The first kappa shape index (κ1) is 13.9. The van der Waals surface area contributed by atoms with E-state index in [2.05, 4.69) is 26.9 Å². The quantitative estimate of drug-likeness (QED) is 0.933. The largest absolute Gasteiger partial charge is 0.497 e. The van der Waals surface area contributed by atoms with Gasteiger partial charge in [0.1, 0.15) is 5.75 Å². The second kappa shape index (κ2) is 6.08. The third-order valence-corrected chi connectivity index (χ3v) is 3.56. The molecule has 0 heterocycles. The summed E-state index contributed by atoms with van der Waals surface area (Å²) in [5.74, 6) is 0.841. The van der Waals surface area contributed by atoms with Crippen LogP contribution in [0, 0.1) is 0 Å². The highest BCUT2D eigenvalue weighted by molar-refractivity contribution is 9.10. The van der Waals surface area contributed by atoms with Crippen LogP contribution in [0.3, 0.4) is 0 Å². The highest BCUT2D eigenvalue weighted by atomic mass is 79.9. The van der Waals surface area contributed by atoms with Crippen LogP contribution in [0.5, 0.6) is 5.75 Å². The number of nitrogens with two attached hydrogens (primary N) is 1. The number of rotatable bonds is 4. The Labute approximate surface area is 122 Å². The number of hydrogen-bond donors (Lipinski definition) is 1. The number of methoxy groups -OCH3 is 1. The van der Waals surface area contributed by atoms with Gasteiger partial charge in [0, 0.05) is 35.5 Å². The first-order chi connectivity index (χ1) is 9.15. The van der Waals surface area contributed by atoms with Crippen LogP contribution in [0.2, 0.25) is 0 Å². The molecule has 0 aliphatic carbocycles. The topological polar surface area (TPSA) is 38.5 Å². The van der Waals surface area contributed by atoms with Gasteiger partial charge < -0.3 is 15.4 Å². The summed E-state index contributed by atoms with van der Waals surface area (Å²) >= 11 is 3.50. The Balaban J connectivity index is 2.42. The molecule has 0 spiro atoms. The van der Waals surface area contributed by atoms with E-state index in [0.29, 0.717) is 6.54 Å². The van der Waals surface area contributed by atoms with Gasteiger partial charge in [0.2, 0.25) is 0 Å². The van der Waals surface area contributed by atoms with Crippen molar-refractivity contribution in [3.8, 4) is 5.75 Å². The van der Waals surface area contributed by atoms with Crippen LogP contribution in [-0.2, 0) is 6.54 Å². The van der Waals surface area contributed by atoms with Crippen molar-refractivity contribution in [2.24, 2.45) is 5.73 Å². The van der Waals surface area contributed by atoms with Crippen molar-refractivity contribution >= 4 is 27.3 Å². The van der Waals surface area contributed by atoms with Gasteiger partial charge in [-0.25, -0.2) is 0 Å². The molecule has 0 aliphatic rings. The molecule has 0 saturated carbocycles. The molecule has 4 heteroatoms. The van der Waals surface area contributed by atoms with Gasteiger partial charge in [0.15, 0.2) is 0 Å². The molecule has 0 bridgehead atoms. The Morgan fingerprint density at radius 1 is 1.21 bits per heavy atom. The lowest BCUT2D eigenvalue weighted by molar-refractivity contribution is 0.415. The van der Waals surface area contributed by atoms with E-state index in [9.17, 15) is 0 Å². The van der Waals surface area contributed by atoms with Gasteiger partial charge in [-0.15, -0.1) is 0 Å². The summed E-state index contributed by atoms with van der Waals surface area (Å²) in [6.07, 6.45) is 0. The maximum Gasteiger partial charge on any atom is 0.120 e. The predicted molar refractivity (Wildman–Crippen MR) is 83.1 cm³/mol. The van der Waals surface area contributed by atoms with E-state index >= 15 is 0 Å². The summed E-state index contributed by atoms with van der Waals surface area (Å²) in [6.45, 7) is 0.511. The second-order valence-electron chi connectivity index (χ2n) is 4.24. The maximum absolute atomic E-state index is 5.81. The van der Waals surface area contributed by atoms with E-state index in [1.807, 2.05) is 43.4 Å².